The maximum absolute atomic E-state index is 5.91. The summed E-state index contributed by atoms with van der Waals surface area (Å²) >= 11 is 5.91. The Bertz CT molecular complexity index is 891. The highest BCUT2D eigenvalue weighted by atomic mass is 35.5. The molecule has 9 heteroatoms. The first-order valence-corrected chi connectivity index (χ1v) is 6.49. The number of rotatable bonds is 3. The van der Waals surface area contributed by atoms with Gasteiger partial charge in [0, 0.05) is 18.5 Å². The molecule has 0 fully saturated rings. The van der Waals surface area contributed by atoms with E-state index in [1.54, 1.807) is 27.8 Å². The fourth-order valence-corrected chi connectivity index (χ4v) is 2.20. The van der Waals surface area contributed by atoms with Crippen LogP contribution in [0.5, 0.6) is 0 Å². The highest BCUT2D eigenvalue weighted by Crippen LogP contribution is 2.20. The lowest BCUT2D eigenvalue weighted by Crippen LogP contribution is -2.01. The standard InChI is InChI=1S/C12H9ClN8/c13-12-17-11(8-2-1-5-21(8)19-12)16-9-6-20(7-14-9)10-3-4-15-18-10/h1-7H,(H,15,18)(H,16,17,19). The molecule has 0 spiro atoms. The molecule has 4 heterocycles. The van der Waals surface area contributed by atoms with Crippen LogP contribution in [0.2, 0.25) is 5.28 Å². The van der Waals surface area contributed by atoms with Crippen molar-refractivity contribution in [3.05, 3.63) is 48.4 Å². The summed E-state index contributed by atoms with van der Waals surface area (Å²) in [6.07, 6.45) is 7.02. The Morgan fingerprint density at radius 2 is 2.24 bits per heavy atom. The van der Waals surface area contributed by atoms with Crippen LogP contribution in [0.4, 0.5) is 11.6 Å². The van der Waals surface area contributed by atoms with Crippen molar-refractivity contribution in [3.63, 3.8) is 0 Å². The van der Waals surface area contributed by atoms with Gasteiger partial charge in [0.25, 0.3) is 0 Å². The van der Waals surface area contributed by atoms with Crippen molar-refractivity contribution in [1.29, 1.82) is 0 Å². The largest absolute Gasteiger partial charge is 0.322 e. The molecule has 0 amide bonds. The van der Waals surface area contributed by atoms with Crippen molar-refractivity contribution in [2.75, 3.05) is 5.32 Å². The van der Waals surface area contributed by atoms with Gasteiger partial charge in [0.05, 0.1) is 6.20 Å². The molecule has 0 aromatic carbocycles. The molecule has 0 aliphatic rings. The lowest BCUT2D eigenvalue weighted by atomic mass is 10.5. The van der Waals surface area contributed by atoms with Gasteiger partial charge in [-0.05, 0) is 23.7 Å². The van der Waals surface area contributed by atoms with Gasteiger partial charge in [0.2, 0.25) is 5.28 Å². The van der Waals surface area contributed by atoms with Gasteiger partial charge in [-0.3, -0.25) is 9.67 Å². The van der Waals surface area contributed by atoms with Gasteiger partial charge in [0.15, 0.2) is 11.6 Å². The molecule has 0 saturated carbocycles. The molecule has 4 aromatic rings. The lowest BCUT2D eigenvalue weighted by Gasteiger charge is -2.04. The fraction of sp³-hybridized carbons (Fsp3) is 0. The molecule has 21 heavy (non-hydrogen) atoms. The Hall–Kier alpha value is -2.87. The summed E-state index contributed by atoms with van der Waals surface area (Å²) in [5.41, 5.74) is 0.814. The summed E-state index contributed by atoms with van der Waals surface area (Å²) in [5.74, 6) is 1.98. The SMILES string of the molecule is Clc1nc(Nc2cn(-c3cc[nH]n3)cn2)c2cccn2n1. The van der Waals surface area contributed by atoms with Crippen molar-refractivity contribution in [3.8, 4) is 5.82 Å². The minimum absolute atomic E-state index is 0.160. The number of halogens is 1. The number of imidazole rings is 1. The van der Waals surface area contributed by atoms with Gasteiger partial charge in [-0.2, -0.15) is 10.1 Å². The van der Waals surface area contributed by atoms with E-state index in [1.165, 1.54) is 0 Å². The zero-order valence-corrected chi connectivity index (χ0v) is 11.4. The van der Waals surface area contributed by atoms with Crippen molar-refractivity contribution < 1.29 is 0 Å². The van der Waals surface area contributed by atoms with Crippen LogP contribution in [0.15, 0.2) is 43.1 Å². The Morgan fingerprint density at radius 1 is 1.29 bits per heavy atom. The average molecular weight is 301 g/mol. The summed E-state index contributed by atoms with van der Waals surface area (Å²) < 4.78 is 3.44. The number of hydrogen-bond donors (Lipinski definition) is 2. The molecule has 0 radical (unpaired) electrons. The van der Waals surface area contributed by atoms with E-state index in [-0.39, 0.29) is 5.28 Å². The van der Waals surface area contributed by atoms with E-state index in [0.717, 1.165) is 11.3 Å². The Morgan fingerprint density at radius 3 is 3.10 bits per heavy atom. The second-order valence-electron chi connectivity index (χ2n) is 4.29. The molecule has 2 N–H and O–H groups in total. The van der Waals surface area contributed by atoms with Crippen LogP contribution in [-0.2, 0) is 0 Å². The smallest absolute Gasteiger partial charge is 0.243 e. The first kappa shape index (κ1) is 11.9. The van der Waals surface area contributed by atoms with Gasteiger partial charge in [0.1, 0.15) is 17.7 Å². The van der Waals surface area contributed by atoms with Crippen LogP contribution < -0.4 is 5.32 Å². The number of nitrogens with one attached hydrogen (secondary N) is 2. The first-order valence-electron chi connectivity index (χ1n) is 6.12. The van der Waals surface area contributed by atoms with E-state index < -0.39 is 0 Å². The Kier molecular flexibility index (Phi) is 2.61. The number of H-pyrrole nitrogens is 1. The monoisotopic (exact) mass is 300 g/mol. The van der Waals surface area contributed by atoms with Gasteiger partial charge in [-0.15, -0.1) is 5.10 Å². The molecular formula is C12H9ClN8. The van der Waals surface area contributed by atoms with Crippen LogP contribution in [0.3, 0.4) is 0 Å². The van der Waals surface area contributed by atoms with Crippen molar-refractivity contribution in [2.24, 2.45) is 0 Å². The molecular weight excluding hydrogens is 292 g/mol. The fourth-order valence-electron chi connectivity index (χ4n) is 2.03. The molecule has 104 valence electrons. The predicted molar refractivity (Wildman–Crippen MR) is 77.0 cm³/mol. The van der Waals surface area contributed by atoms with Gasteiger partial charge in [-0.1, -0.05) is 0 Å². The van der Waals surface area contributed by atoms with Crippen LogP contribution in [0, 0.1) is 0 Å². The molecule has 4 rings (SSSR count). The summed E-state index contributed by atoms with van der Waals surface area (Å²) in [4.78, 5) is 8.47. The zero-order valence-electron chi connectivity index (χ0n) is 10.6. The number of fused-ring (bicyclic) bond motifs is 1. The van der Waals surface area contributed by atoms with Crippen LogP contribution in [0.25, 0.3) is 11.3 Å². The summed E-state index contributed by atoms with van der Waals surface area (Å²) in [5, 5.41) is 14.2. The minimum atomic E-state index is 0.160. The molecule has 0 atom stereocenters. The van der Waals surface area contributed by atoms with E-state index in [1.807, 2.05) is 24.4 Å². The summed E-state index contributed by atoms with van der Waals surface area (Å²) in [7, 11) is 0. The lowest BCUT2D eigenvalue weighted by molar-refractivity contribution is 0.907. The summed E-state index contributed by atoms with van der Waals surface area (Å²) in [6.45, 7) is 0. The van der Waals surface area contributed by atoms with E-state index in [0.29, 0.717) is 11.6 Å². The summed E-state index contributed by atoms with van der Waals surface area (Å²) in [6, 6.07) is 5.61. The van der Waals surface area contributed by atoms with Crippen LogP contribution in [-0.4, -0.2) is 34.3 Å². The molecule has 0 aliphatic heterocycles. The van der Waals surface area contributed by atoms with E-state index >= 15 is 0 Å². The zero-order chi connectivity index (χ0) is 14.2. The predicted octanol–water partition coefficient (Wildman–Crippen LogP) is 2.04. The maximum atomic E-state index is 5.91. The molecule has 0 saturated heterocycles. The molecule has 8 nitrogen and oxygen atoms in total. The quantitative estimate of drug-likeness (QED) is 0.604. The van der Waals surface area contributed by atoms with E-state index in [9.17, 15) is 0 Å². The topological polar surface area (TPSA) is 88.7 Å². The number of aromatic nitrogens is 7. The van der Waals surface area contributed by atoms with E-state index in [2.05, 4.69) is 30.6 Å². The van der Waals surface area contributed by atoms with Crippen molar-refractivity contribution in [1.82, 2.24) is 34.3 Å². The third kappa shape index (κ3) is 2.11. The van der Waals surface area contributed by atoms with Gasteiger partial charge < -0.3 is 5.32 Å². The van der Waals surface area contributed by atoms with Crippen LogP contribution in [0.1, 0.15) is 0 Å². The van der Waals surface area contributed by atoms with Crippen molar-refractivity contribution in [2.45, 2.75) is 0 Å². The Balaban J connectivity index is 1.70. The highest BCUT2D eigenvalue weighted by Gasteiger charge is 2.09. The highest BCUT2D eigenvalue weighted by molar-refractivity contribution is 6.28. The second-order valence-corrected chi connectivity index (χ2v) is 4.63. The molecule has 0 bridgehead atoms. The Labute approximate surface area is 123 Å². The van der Waals surface area contributed by atoms with Crippen molar-refractivity contribution >= 4 is 28.8 Å². The van der Waals surface area contributed by atoms with Crippen LogP contribution >= 0.6 is 11.6 Å². The van der Waals surface area contributed by atoms with E-state index in [4.69, 9.17) is 11.6 Å². The minimum Gasteiger partial charge on any atom is -0.322 e. The average Bonchev–Trinajstić information content (AvgIpc) is 3.19. The second kappa shape index (κ2) is 4.60. The first-order chi connectivity index (χ1) is 10.3. The normalized spacial score (nSPS) is 11.1. The number of hydrogen-bond acceptors (Lipinski definition) is 5. The van der Waals surface area contributed by atoms with Gasteiger partial charge >= 0.3 is 0 Å². The number of anilines is 2. The molecule has 0 aliphatic carbocycles. The maximum Gasteiger partial charge on any atom is 0.243 e. The number of nitrogens with zero attached hydrogens (tertiary/aromatic N) is 6. The molecule has 4 aromatic heterocycles. The third-order valence-corrected chi connectivity index (χ3v) is 3.10. The van der Waals surface area contributed by atoms with Gasteiger partial charge in [-0.25, -0.2) is 9.50 Å². The number of aromatic amines is 1. The third-order valence-electron chi connectivity index (χ3n) is 2.94. The molecule has 0 unspecified atom stereocenters.